The van der Waals surface area contributed by atoms with E-state index in [1.54, 1.807) is 0 Å². The van der Waals surface area contributed by atoms with Crippen molar-refractivity contribution in [3.63, 3.8) is 0 Å². The first-order valence-electron chi connectivity index (χ1n) is 6.22. The lowest BCUT2D eigenvalue weighted by molar-refractivity contribution is -0.385. The van der Waals surface area contributed by atoms with E-state index < -0.39 is 10.7 Å². The summed E-state index contributed by atoms with van der Waals surface area (Å²) in [7, 11) is 1.91. The second-order valence-electron chi connectivity index (χ2n) is 4.80. The average Bonchev–Trinajstić information content (AvgIpc) is 3.14. The van der Waals surface area contributed by atoms with Crippen molar-refractivity contribution in [3.8, 4) is 0 Å². The highest BCUT2D eigenvalue weighted by atomic mass is 19.1. The van der Waals surface area contributed by atoms with Crippen LogP contribution >= 0.6 is 0 Å². The van der Waals surface area contributed by atoms with Gasteiger partial charge in [0.25, 0.3) is 5.69 Å². The van der Waals surface area contributed by atoms with Gasteiger partial charge in [0, 0.05) is 17.7 Å². The number of benzene rings is 1. The van der Waals surface area contributed by atoms with Gasteiger partial charge < -0.3 is 5.32 Å². The van der Waals surface area contributed by atoms with E-state index in [-0.39, 0.29) is 5.69 Å². The van der Waals surface area contributed by atoms with Crippen LogP contribution in [0.3, 0.4) is 0 Å². The number of nitrogens with zero attached hydrogens (tertiary/aromatic N) is 1. The molecule has 1 fully saturated rings. The number of hydrogen-bond acceptors (Lipinski definition) is 3. The molecule has 1 aromatic rings. The molecule has 1 aliphatic carbocycles. The number of nitrogens with one attached hydrogen (secondary N) is 1. The lowest BCUT2D eigenvalue weighted by Gasteiger charge is -2.14. The molecule has 1 atom stereocenters. The van der Waals surface area contributed by atoms with Crippen LogP contribution in [0.2, 0.25) is 0 Å². The van der Waals surface area contributed by atoms with E-state index in [0.717, 1.165) is 12.5 Å². The van der Waals surface area contributed by atoms with Gasteiger partial charge in [0.05, 0.1) is 4.92 Å². The number of nitro benzene ring substituents is 1. The topological polar surface area (TPSA) is 55.2 Å². The first-order valence-corrected chi connectivity index (χ1v) is 6.22. The molecule has 0 radical (unpaired) electrons. The Morgan fingerprint density at radius 1 is 1.56 bits per heavy atom. The normalized spacial score (nSPS) is 16.6. The number of aryl methyl sites for hydroxylation is 1. The molecule has 2 rings (SSSR count). The highest BCUT2D eigenvalue weighted by Gasteiger charge is 2.30. The summed E-state index contributed by atoms with van der Waals surface area (Å²) >= 11 is 0. The van der Waals surface area contributed by atoms with Crippen molar-refractivity contribution in [2.75, 3.05) is 7.05 Å². The Morgan fingerprint density at radius 3 is 2.83 bits per heavy atom. The zero-order valence-corrected chi connectivity index (χ0v) is 10.4. The van der Waals surface area contributed by atoms with E-state index >= 15 is 0 Å². The van der Waals surface area contributed by atoms with Crippen LogP contribution < -0.4 is 5.32 Å². The van der Waals surface area contributed by atoms with Gasteiger partial charge in [0.1, 0.15) is 5.82 Å². The molecule has 1 unspecified atom stereocenters. The fraction of sp³-hybridized carbons (Fsp3) is 0.538. The van der Waals surface area contributed by atoms with Crippen molar-refractivity contribution < 1.29 is 9.31 Å². The van der Waals surface area contributed by atoms with E-state index in [1.807, 2.05) is 7.05 Å². The quantitative estimate of drug-likeness (QED) is 0.625. The van der Waals surface area contributed by atoms with Gasteiger partial charge >= 0.3 is 0 Å². The van der Waals surface area contributed by atoms with Gasteiger partial charge in [0.2, 0.25) is 0 Å². The fourth-order valence-corrected chi connectivity index (χ4v) is 2.36. The van der Waals surface area contributed by atoms with E-state index in [0.29, 0.717) is 23.9 Å². The van der Waals surface area contributed by atoms with Crippen molar-refractivity contribution in [1.29, 1.82) is 0 Å². The van der Waals surface area contributed by atoms with E-state index in [9.17, 15) is 14.5 Å². The third-order valence-corrected chi connectivity index (χ3v) is 3.52. The van der Waals surface area contributed by atoms with Gasteiger partial charge in [0.15, 0.2) is 0 Å². The summed E-state index contributed by atoms with van der Waals surface area (Å²) in [6.45, 7) is 0. The zero-order chi connectivity index (χ0) is 13.1. The second kappa shape index (κ2) is 5.44. The molecule has 1 aromatic carbocycles. The van der Waals surface area contributed by atoms with Crippen LogP contribution in [0.25, 0.3) is 0 Å². The molecule has 0 spiro atoms. The first kappa shape index (κ1) is 13.0. The molecule has 0 heterocycles. The van der Waals surface area contributed by atoms with Gasteiger partial charge in [-0.25, -0.2) is 4.39 Å². The van der Waals surface area contributed by atoms with Gasteiger partial charge in [-0.2, -0.15) is 0 Å². The Balaban J connectivity index is 2.07. The van der Waals surface area contributed by atoms with Crippen LogP contribution in [-0.2, 0) is 6.42 Å². The lowest BCUT2D eigenvalue weighted by Crippen LogP contribution is -2.27. The van der Waals surface area contributed by atoms with Crippen molar-refractivity contribution >= 4 is 5.69 Å². The maximum atomic E-state index is 13.1. The molecule has 0 bridgehead atoms. The Hall–Kier alpha value is -1.49. The minimum absolute atomic E-state index is 0.0158. The smallest absolute Gasteiger partial charge is 0.272 e. The van der Waals surface area contributed by atoms with Crippen LogP contribution in [0.15, 0.2) is 18.2 Å². The summed E-state index contributed by atoms with van der Waals surface area (Å²) in [5.41, 5.74) is 0.503. The van der Waals surface area contributed by atoms with Crippen molar-refractivity contribution in [2.24, 2.45) is 5.92 Å². The van der Waals surface area contributed by atoms with Crippen molar-refractivity contribution in [3.05, 3.63) is 39.7 Å². The predicted octanol–water partition coefficient (Wildman–Crippen LogP) is 2.66. The standard InChI is InChI=1S/C13H17FN2O2/c1-15-12(9-2-3-9)6-4-10-8-11(14)5-7-13(10)16(17)18/h5,7-9,12,15H,2-4,6H2,1H3. The van der Waals surface area contributed by atoms with E-state index in [2.05, 4.69) is 5.32 Å². The summed E-state index contributed by atoms with van der Waals surface area (Å²) in [5, 5.41) is 14.1. The number of halogens is 1. The third-order valence-electron chi connectivity index (χ3n) is 3.52. The molecule has 1 aliphatic rings. The highest BCUT2D eigenvalue weighted by Crippen LogP contribution is 2.34. The minimum Gasteiger partial charge on any atom is -0.317 e. The molecule has 5 heteroatoms. The molecule has 0 aromatic heterocycles. The summed E-state index contributed by atoms with van der Waals surface area (Å²) < 4.78 is 13.1. The molecular formula is C13H17FN2O2. The Labute approximate surface area is 105 Å². The van der Waals surface area contributed by atoms with Gasteiger partial charge in [-0.3, -0.25) is 10.1 Å². The number of nitro groups is 1. The summed E-state index contributed by atoms with van der Waals surface area (Å²) in [4.78, 5) is 10.4. The summed E-state index contributed by atoms with van der Waals surface area (Å²) in [5.74, 6) is 0.269. The van der Waals surface area contributed by atoms with Crippen molar-refractivity contribution in [2.45, 2.75) is 31.7 Å². The van der Waals surface area contributed by atoms with Gasteiger partial charge in [-0.15, -0.1) is 0 Å². The molecule has 0 saturated heterocycles. The zero-order valence-electron chi connectivity index (χ0n) is 10.4. The molecule has 98 valence electrons. The SMILES string of the molecule is CNC(CCc1cc(F)ccc1[N+](=O)[O-])C1CC1. The van der Waals surface area contributed by atoms with Crippen LogP contribution in [0.1, 0.15) is 24.8 Å². The van der Waals surface area contributed by atoms with Gasteiger partial charge in [-0.1, -0.05) is 0 Å². The predicted molar refractivity (Wildman–Crippen MR) is 66.9 cm³/mol. The summed E-state index contributed by atoms with van der Waals surface area (Å²) in [6, 6.07) is 4.04. The monoisotopic (exact) mass is 252 g/mol. The molecule has 0 aliphatic heterocycles. The van der Waals surface area contributed by atoms with E-state index in [1.165, 1.54) is 25.0 Å². The molecule has 1 N–H and O–H groups in total. The maximum absolute atomic E-state index is 13.1. The Bertz CT molecular complexity index is 447. The van der Waals surface area contributed by atoms with Crippen LogP contribution in [0.5, 0.6) is 0 Å². The molecular weight excluding hydrogens is 235 g/mol. The van der Waals surface area contributed by atoms with Crippen LogP contribution in [0, 0.1) is 21.8 Å². The highest BCUT2D eigenvalue weighted by molar-refractivity contribution is 5.40. The molecule has 0 amide bonds. The van der Waals surface area contributed by atoms with Crippen molar-refractivity contribution in [1.82, 2.24) is 5.32 Å². The second-order valence-corrected chi connectivity index (χ2v) is 4.80. The first-order chi connectivity index (χ1) is 8.61. The van der Waals surface area contributed by atoms with Gasteiger partial charge in [-0.05, 0) is 50.8 Å². The maximum Gasteiger partial charge on any atom is 0.272 e. The minimum atomic E-state index is -0.444. The third kappa shape index (κ3) is 3.04. The number of rotatable bonds is 6. The molecule has 4 nitrogen and oxygen atoms in total. The fourth-order valence-electron chi connectivity index (χ4n) is 2.36. The Kier molecular flexibility index (Phi) is 3.91. The molecule has 18 heavy (non-hydrogen) atoms. The lowest BCUT2D eigenvalue weighted by atomic mass is 10.0. The summed E-state index contributed by atoms with van der Waals surface area (Å²) in [6.07, 6.45) is 3.79. The molecule has 1 saturated carbocycles. The van der Waals surface area contributed by atoms with E-state index in [4.69, 9.17) is 0 Å². The van der Waals surface area contributed by atoms with Crippen LogP contribution in [0.4, 0.5) is 10.1 Å². The van der Waals surface area contributed by atoms with Crippen LogP contribution in [-0.4, -0.2) is 18.0 Å². The number of hydrogen-bond donors (Lipinski definition) is 1. The average molecular weight is 252 g/mol. The Morgan fingerprint density at radius 2 is 2.28 bits per heavy atom. The largest absolute Gasteiger partial charge is 0.317 e.